The van der Waals surface area contributed by atoms with Crippen LogP contribution in [0.5, 0.6) is 0 Å². The lowest BCUT2D eigenvalue weighted by Gasteiger charge is -2.31. The van der Waals surface area contributed by atoms with Crippen molar-refractivity contribution in [2.75, 3.05) is 26.2 Å². The summed E-state index contributed by atoms with van der Waals surface area (Å²) in [4.78, 5) is 15.2. The summed E-state index contributed by atoms with van der Waals surface area (Å²) in [5.74, 6) is -1.01. The summed E-state index contributed by atoms with van der Waals surface area (Å²) in [6, 6.07) is 13.1. The third kappa shape index (κ3) is 5.54. The van der Waals surface area contributed by atoms with Gasteiger partial charge in [-0.25, -0.2) is 12.8 Å². The molecule has 2 saturated heterocycles. The quantitative estimate of drug-likeness (QED) is 0.691. The van der Waals surface area contributed by atoms with Crippen LogP contribution in [0.15, 0.2) is 53.4 Å². The van der Waals surface area contributed by atoms with Crippen LogP contribution >= 0.6 is 0 Å². The van der Waals surface area contributed by atoms with Crippen molar-refractivity contribution in [2.45, 2.75) is 43.7 Å². The molecule has 1 N–H and O–H groups in total. The first kappa shape index (κ1) is 22.9. The summed E-state index contributed by atoms with van der Waals surface area (Å²) in [7, 11) is -3.74. The maximum Gasteiger partial charge on any atom is 0.243 e. The number of benzene rings is 2. The minimum Gasteiger partial charge on any atom is -0.352 e. The molecule has 0 bridgehead atoms. The van der Waals surface area contributed by atoms with Gasteiger partial charge in [0, 0.05) is 26.2 Å². The van der Waals surface area contributed by atoms with Crippen LogP contribution in [-0.4, -0.2) is 49.7 Å². The van der Waals surface area contributed by atoms with Gasteiger partial charge in [0.1, 0.15) is 5.82 Å². The number of likely N-dealkylation sites (tertiary alicyclic amines) is 1. The number of nitrogens with zero attached hydrogens (tertiary/aromatic N) is 2. The van der Waals surface area contributed by atoms with Gasteiger partial charge in [0.2, 0.25) is 15.9 Å². The van der Waals surface area contributed by atoms with Crippen molar-refractivity contribution in [2.24, 2.45) is 5.92 Å². The van der Waals surface area contributed by atoms with E-state index in [2.05, 4.69) is 22.3 Å². The number of sulfonamides is 1. The van der Waals surface area contributed by atoms with Crippen molar-refractivity contribution < 1.29 is 17.6 Å². The molecule has 0 aromatic heterocycles. The predicted molar refractivity (Wildman–Crippen MR) is 121 cm³/mol. The Hall–Kier alpha value is -2.29. The standard InChI is InChI=1S/C24H30FN3O3S/c25-22-9-11-23(12-10-22)32(30,31)28-15-3-4-21(18-28)24(29)26-16-19-5-7-20(8-6-19)17-27-13-1-2-14-27/h5-12,21H,1-4,13-18H2,(H,26,29)/t21-/m0/s1. The number of hydrogen-bond acceptors (Lipinski definition) is 4. The fourth-order valence-electron chi connectivity index (χ4n) is 4.43. The van der Waals surface area contributed by atoms with Crippen LogP contribution in [0.3, 0.4) is 0 Å². The summed E-state index contributed by atoms with van der Waals surface area (Å²) >= 11 is 0. The van der Waals surface area contributed by atoms with E-state index in [9.17, 15) is 17.6 Å². The van der Waals surface area contributed by atoms with Gasteiger partial charge < -0.3 is 5.32 Å². The Morgan fingerprint density at radius 2 is 1.59 bits per heavy atom. The van der Waals surface area contributed by atoms with Gasteiger partial charge in [0.15, 0.2) is 0 Å². The van der Waals surface area contributed by atoms with Crippen LogP contribution in [-0.2, 0) is 27.9 Å². The average Bonchev–Trinajstić information content (AvgIpc) is 3.32. The molecule has 32 heavy (non-hydrogen) atoms. The monoisotopic (exact) mass is 459 g/mol. The molecule has 8 heteroatoms. The van der Waals surface area contributed by atoms with E-state index >= 15 is 0 Å². The number of carbonyl (C=O) groups is 1. The second kappa shape index (κ2) is 10.1. The highest BCUT2D eigenvalue weighted by atomic mass is 32.2. The first-order valence-electron chi connectivity index (χ1n) is 11.3. The van der Waals surface area contributed by atoms with E-state index < -0.39 is 21.8 Å². The van der Waals surface area contributed by atoms with Crippen molar-refractivity contribution in [1.29, 1.82) is 0 Å². The number of carbonyl (C=O) groups excluding carboxylic acids is 1. The molecule has 1 atom stereocenters. The van der Waals surface area contributed by atoms with Crippen LogP contribution in [0.1, 0.15) is 36.8 Å². The van der Waals surface area contributed by atoms with Crippen LogP contribution in [0.2, 0.25) is 0 Å². The molecular weight excluding hydrogens is 429 g/mol. The van der Waals surface area contributed by atoms with Gasteiger partial charge in [-0.05, 0) is 74.2 Å². The normalized spacial score (nSPS) is 20.3. The lowest BCUT2D eigenvalue weighted by atomic mass is 9.98. The molecule has 0 unspecified atom stereocenters. The molecule has 2 heterocycles. The highest BCUT2D eigenvalue weighted by molar-refractivity contribution is 7.89. The molecule has 2 aromatic carbocycles. The molecule has 2 aliphatic heterocycles. The first-order chi connectivity index (χ1) is 15.4. The van der Waals surface area contributed by atoms with Crippen LogP contribution in [0, 0.1) is 11.7 Å². The summed E-state index contributed by atoms with van der Waals surface area (Å²) in [6.45, 7) is 4.21. The van der Waals surface area contributed by atoms with E-state index in [0.29, 0.717) is 25.9 Å². The fraction of sp³-hybridized carbons (Fsp3) is 0.458. The largest absolute Gasteiger partial charge is 0.352 e. The molecule has 0 radical (unpaired) electrons. The summed E-state index contributed by atoms with van der Waals surface area (Å²) in [5.41, 5.74) is 2.30. The number of piperidine rings is 1. The Labute approximate surface area is 189 Å². The van der Waals surface area contributed by atoms with Gasteiger partial charge in [-0.2, -0.15) is 4.31 Å². The Morgan fingerprint density at radius 3 is 2.28 bits per heavy atom. The van der Waals surface area contributed by atoms with Crippen LogP contribution < -0.4 is 5.32 Å². The molecule has 0 aliphatic carbocycles. The van der Waals surface area contributed by atoms with E-state index in [4.69, 9.17) is 0 Å². The second-order valence-electron chi connectivity index (χ2n) is 8.67. The third-order valence-electron chi connectivity index (χ3n) is 6.30. The lowest BCUT2D eigenvalue weighted by Crippen LogP contribution is -2.45. The van der Waals surface area contributed by atoms with Crippen molar-refractivity contribution in [3.8, 4) is 0 Å². The van der Waals surface area contributed by atoms with Gasteiger partial charge in [0.05, 0.1) is 10.8 Å². The molecule has 2 aromatic rings. The molecule has 1 amide bonds. The summed E-state index contributed by atoms with van der Waals surface area (Å²) < 4.78 is 40.2. The first-order valence-corrected chi connectivity index (χ1v) is 12.7. The minimum absolute atomic E-state index is 0.0500. The number of halogens is 1. The van der Waals surface area contributed by atoms with Gasteiger partial charge >= 0.3 is 0 Å². The number of rotatable bonds is 7. The molecule has 0 saturated carbocycles. The summed E-state index contributed by atoms with van der Waals surface area (Å²) in [6.07, 6.45) is 3.81. The molecule has 0 spiro atoms. The van der Waals surface area contributed by atoms with Crippen LogP contribution in [0.25, 0.3) is 0 Å². The van der Waals surface area contributed by atoms with Crippen molar-refractivity contribution >= 4 is 15.9 Å². The zero-order chi connectivity index (χ0) is 22.6. The maximum atomic E-state index is 13.2. The lowest BCUT2D eigenvalue weighted by molar-refractivity contribution is -0.126. The molecule has 2 fully saturated rings. The predicted octanol–water partition coefficient (Wildman–Crippen LogP) is 3.14. The average molecular weight is 460 g/mol. The van der Waals surface area contributed by atoms with E-state index in [0.717, 1.165) is 37.3 Å². The number of nitrogens with one attached hydrogen (secondary N) is 1. The van der Waals surface area contributed by atoms with E-state index in [-0.39, 0.29) is 17.3 Å². The van der Waals surface area contributed by atoms with Crippen LogP contribution in [0.4, 0.5) is 4.39 Å². The molecule has 2 aliphatic rings. The van der Waals surface area contributed by atoms with Gasteiger partial charge in [-0.1, -0.05) is 24.3 Å². The van der Waals surface area contributed by atoms with Crippen molar-refractivity contribution in [3.63, 3.8) is 0 Å². The van der Waals surface area contributed by atoms with Gasteiger partial charge in [-0.15, -0.1) is 0 Å². The smallest absolute Gasteiger partial charge is 0.243 e. The van der Waals surface area contributed by atoms with E-state index in [1.165, 1.54) is 34.8 Å². The zero-order valence-electron chi connectivity index (χ0n) is 18.2. The Morgan fingerprint density at radius 1 is 0.938 bits per heavy atom. The molecule has 6 nitrogen and oxygen atoms in total. The minimum atomic E-state index is -3.74. The maximum absolute atomic E-state index is 13.2. The zero-order valence-corrected chi connectivity index (χ0v) is 19.0. The Kier molecular flexibility index (Phi) is 7.23. The van der Waals surface area contributed by atoms with E-state index in [1.807, 2.05) is 12.1 Å². The van der Waals surface area contributed by atoms with Crippen molar-refractivity contribution in [3.05, 3.63) is 65.5 Å². The van der Waals surface area contributed by atoms with Crippen molar-refractivity contribution in [1.82, 2.24) is 14.5 Å². The van der Waals surface area contributed by atoms with E-state index in [1.54, 1.807) is 0 Å². The Balaban J connectivity index is 1.31. The highest BCUT2D eigenvalue weighted by Gasteiger charge is 2.33. The summed E-state index contributed by atoms with van der Waals surface area (Å²) in [5, 5.41) is 2.96. The van der Waals surface area contributed by atoms with Gasteiger partial charge in [0.25, 0.3) is 0 Å². The SMILES string of the molecule is O=C(NCc1ccc(CN2CCCC2)cc1)[C@H]1CCCN(S(=O)(=O)c2ccc(F)cc2)C1. The molecular formula is C24H30FN3O3S. The third-order valence-corrected chi connectivity index (χ3v) is 8.18. The topological polar surface area (TPSA) is 69.7 Å². The van der Waals surface area contributed by atoms with Gasteiger partial charge in [-0.3, -0.25) is 9.69 Å². The number of amides is 1. The Bertz CT molecular complexity index is 1020. The highest BCUT2D eigenvalue weighted by Crippen LogP contribution is 2.24. The molecule has 4 rings (SSSR count). The fourth-order valence-corrected chi connectivity index (χ4v) is 5.95. The second-order valence-corrected chi connectivity index (χ2v) is 10.6. The molecule has 172 valence electrons. The number of hydrogen-bond donors (Lipinski definition) is 1.